The average molecular weight is 182 g/mol. The van der Waals surface area contributed by atoms with Crippen molar-refractivity contribution in [1.29, 1.82) is 0 Å². The minimum atomic E-state index is 0.451. The average Bonchev–Trinajstić information content (AvgIpc) is 2.54. The lowest BCUT2D eigenvalue weighted by Gasteiger charge is -2.34. The molecule has 0 aromatic carbocycles. The molecule has 1 aliphatic carbocycles. The van der Waals surface area contributed by atoms with E-state index in [2.05, 4.69) is 10.5 Å². The summed E-state index contributed by atoms with van der Waals surface area (Å²) in [6.45, 7) is 0.765. The third-order valence-corrected chi connectivity index (χ3v) is 2.48. The van der Waals surface area contributed by atoms with Crippen molar-refractivity contribution in [2.24, 2.45) is 0 Å². The third kappa shape index (κ3) is 2.08. The maximum absolute atomic E-state index is 5.18. The number of methoxy groups -OCH3 is 1. The molecule has 1 fully saturated rings. The number of ether oxygens (including phenoxy) is 1. The smallest absolute Gasteiger partial charge is 0.150 e. The second kappa shape index (κ2) is 3.89. The van der Waals surface area contributed by atoms with E-state index in [1.807, 2.05) is 6.07 Å². The van der Waals surface area contributed by atoms with E-state index in [1.165, 1.54) is 0 Å². The van der Waals surface area contributed by atoms with Crippen LogP contribution < -0.4 is 5.32 Å². The maximum atomic E-state index is 5.18. The monoisotopic (exact) mass is 182 g/mol. The molecule has 72 valence electrons. The zero-order chi connectivity index (χ0) is 9.10. The quantitative estimate of drug-likeness (QED) is 0.752. The van der Waals surface area contributed by atoms with Crippen molar-refractivity contribution in [1.82, 2.24) is 10.5 Å². The van der Waals surface area contributed by atoms with Gasteiger partial charge in [0.25, 0.3) is 0 Å². The van der Waals surface area contributed by atoms with Crippen molar-refractivity contribution < 1.29 is 9.26 Å². The first-order chi connectivity index (χ1) is 6.38. The summed E-state index contributed by atoms with van der Waals surface area (Å²) in [5.74, 6) is 0.890. The summed E-state index contributed by atoms with van der Waals surface area (Å²) in [7, 11) is 1.76. The van der Waals surface area contributed by atoms with Gasteiger partial charge in [-0.2, -0.15) is 0 Å². The van der Waals surface area contributed by atoms with Gasteiger partial charge in [-0.3, -0.25) is 0 Å². The van der Waals surface area contributed by atoms with Gasteiger partial charge in [-0.25, -0.2) is 0 Å². The molecular weight excluding hydrogens is 168 g/mol. The van der Waals surface area contributed by atoms with E-state index in [9.17, 15) is 0 Å². The molecule has 13 heavy (non-hydrogen) atoms. The van der Waals surface area contributed by atoms with E-state index in [0.29, 0.717) is 12.1 Å². The predicted molar refractivity (Wildman–Crippen MR) is 47.2 cm³/mol. The molecule has 2 rings (SSSR count). The van der Waals surface area contributed by atoms with Crippen LogP contribution in [-0.2, 0) is 11.3 Å². The van der Waals surface area contributed by atoms with Crippen molar-refractivity contribution >= 4 is 0 Å². The van der Waals surface area contributed by atoms with Crippen LogP contribution in [-0.4, -0.2) is 24.4 Å². The van der Waals surface area contributed by atoms with Crippen molar-refractivity contribution in [3.8, 4) is 0 Å². The summed E-state index contributed by atoms with van der Waals surface area (Å²) >= 11 is 0. The van der Waals surface area contributed by atoms with Gasteiger partial charge in [-0.15, -0.1) is 0 Å². The van der Waals surface area contributed by atoms with Crippen LogP contribution in [0.4, 0.5) is 0 Å². The molecule has 0 saturated heterocycles. The highest BCUT2D eigenvalue weighted by Crippen LogP contribution is 2.22. The molecule has 1 aromatic rings. The summed E-state index contributed by atoms with van der Waals surface area (Å²) in [5, 5.41) is 7.01. The second-order valence-electron chi connectivity index (χ2n) is 3.39. The molecule has 1 heterocycles. The molecule has 0 amide bonds. The number of rotatable bonds is 4. The first-order valence-corrected chi connectivity index (χ1v) is 4.54. The highest BCUT2D eigenvalue weighted by molar-refractivity contribution is 4.94. The summed E-state index contributed by atoms with van der Waals surface area (Å²) in [6.07, 6.45) is 4.32. The van der Waals surface area contributed by atoms with E-state index in [4.69, 9.17) is 9.26 Å². The summed E-state index contributed by atoms with van der Waals surface area (Å²) in [6, 6.07) is 2.45. The first kappa shape index (κ1) is 8.72. The number of hydrogen-bond acceptors (Lipinski definition) is 4. The molecule has 1 saturated carbocycles. The Morgan fingerprint density at radius 1 is 1.69 bits per heavy atom. The van der Waals surface area contributed by atoms with Crippen LogP contribution in [0.3, 0.4) is 0 Å². The third-order valence-electron chi connectivity index (χ3n) is 2.48. The van der Waals surface area contributed by atoms with Gasteiger partial charge in [0.2, 0.25) is 0 Å². The van der Waals surface area contributed by atoms with E-state index in [0.717, 1.165) is 25.1 Å². The highest BCUT2D eigenvalue weighted by atomic mass is 16.5. The minimum absolute atomic E-state index is 0.451. The fourth-order valence-corrected chi connectivity index (χ4v) is 1.50. The van der Waals surface area contributed by atoms with Crippen molar-refractivity contribution in [3.63, 3.8) is 0 Å². The van der Waals surface area contributed by atoms with Gasteiger partial charge in [-0.05, 0) is 12.8 Å². The van der Waals surface area contributed by atoms with Crippen LogP contribution in [0.15, 0.2) is 16.8 Å². The standard InChI is InChI=1S/C9H14N2O2/c1-12-9-4-7(5-9)10-6-8-2-3-11-13-8/h2-3,7,9-10H,4-6H2,1H3. The largest absolute Gasteiger partial charge is 0.381 e. The van der Waals surface area contributed by atoms with Crippen LogP contribution in [0.2, 0.25) is 0 Å². The molecule has 1 aromatic heterocycles. The van der Waals surface area contributed by atoms with Gasteiger partial charge < -0.3 is 14.6 Å². The van der Waals surface area contributed by atoms with Gasteiger partial charge in [0.15, 0.2) is 0 Å². The SMILES string of the molecule is COC1CC(NCc2ccno2)C1. The molecule has 0 atom stereocenters. The lowest BCUT2D eigenvalue weighted by molar-refractivity contribution is 0.0164. The number of nitrogens with one attached hydrogen (secondary N) is 1. The molecule has 1 N–H and O–H groups in total. The summed E-state index contributed by atoms with van der Waals surface area (Å²) < 4.78 is 10.1. The van der Waals surface area contributed by atoms with Gasteiger partial charge in [-0.1, -0.05) is 5.16 Å². The maximum Gasteiger partial charge on any atom is 0.150 e. The zero-order valence-corrected chi connectivity index (χ0v) is 7.69. The van der Waals surface area contributed by atoms with Crippen LogP contribution in [0.5, 0.6) is 0 Å². The van der Waals surface area contributed by atoms with E-state index >= 15 is 0 Å². The molecule has 0 spiro atoms. The van der Waals surface area contributed by atoms with Crippen molar-refractivity contribution in [2.75, 3.05) is 7.11 Å². The van der Waals surface area contributed by atoms with E-state index in [1.54, 1.807) is 13.3 Å². The van der Waals surface area contributed by atoms with Crippen LogP contribution >= 0.6 is 0 Å². The lowest BCUT2D eigenvalue weighted by atomic mass is 9.89. The Kier molecular flexibility index (Phi) is 2.61. The van der Waals surface area contributed by atoms with Crippen molar-refractivity contribution in [3.05, 3.63) is 18.0 Å². The minimum Gasteiger partial charge on any atom is -0.381 e. The number of hydrogen-bond donors (Lipinski definition) is 1. The van der Waals surface area contributed by atoms with E-state index in [-0.39, 0.29) is 0 Å². The number of nitrogens with zero attached hydrogens (tertiary/aromatic N) is 1. The fraction of sp³-hybridized carbons (Fsp3) is 0.667. The zero-order valence-electron chi connectivity index (χ0n) is 7.69. The molecule has 0 bridgehead atoms. The summed E-state index contributed by atoms with van der Waals surface area (Å²) in [4.78, 5) is 0. The van der Waals surface area contributed by atoms with Gasteiger partial charge in [0.1, 0.15) is 5.76 Å². The molecule has 0 unspecified atom stereocenters. The highest BCUT2D eigenvalue weighted by Gasteiger charge is 2.28. The Hall–Kier alpha value is -0.870. The molecule has 1 aliphatic rings. The molecular formula is C9H14N2O2. The van der Waals surface area contributed by atoms with Crippen LogP contribution in [0.25, 0.3) is 0 Å². The Labute approximate surface area is 77.2 Å². The van der Waals surface area contributed by atoms with E-state index < -0.39 is 0 Å². The summed E-state index contributed by atoms with van der Waals surface area (Å²) in [5.41, 5.74) is 0. The molecule has 4 heteroatoms. The second-order valence-corrected chi connectivity index (χ2v) is 3.39. The fourth-order valence-electron chi connectivity index (χ4n) is 1.50. The Balaban J connectivity index is 1.65. The predicted octanol–water partition coefficient (Wildman–Crippen LogP) is 0.942. The first-order valence-electron chi connectivity index (χ1n) is 4.54. The molecule has 0 radical (unpaired) electrons. The topological polar surface area (TPSA) is 47.3 Å². The number of aromatic nitrogens is 1. The Morgan fingerprint density at radius 2 is 2.54 bits per heavy atom. The van der Waals surface area contributed by atoms with Gasteiger partial charge in [0, 0.05) is 19.2 Å². The van der Waals surface area contributed by atoms with Gasteiger partial charge >= 0.3 is 0 Å². The van der Waals surface area contributed by atoms with Crippen molar-refractivity contribution in [2.45, 2.75) is 31.5 Å². The van der Waals surface area contributed by atoms with Crippen LogP contribution in [0.1, 0.15) is 18.6 Å². The van der Waals surface area contributed by atoms with Gasteiger partial charge in [0.05, 0.1) is 18.8 Å². The van der Waals surface area contributed by atoms with Crippen LogP contribution in [0, 0.1) is 0 Å². The Bertz CT molecular complexity index is 242. The molecule has 4 nitrogen and oxygen atoms in total. The Morgan fingerprint density at radius 3 is 3.15 bits per heavy atom. The lowest BCUT2D eigenvalue weighted by Crippen LogP contribution is -2.44. The molecule has 0 aliphatic heterocycles. The normalized spacial score (nSPS) is 27.2.